The van der Waals surface area contributed by atoms with Gasteiger partial charge >= 0.3 is 0 Å². The maximum Gasteiger partial charge on any atom is 0.00358 e. The molecule has 0 atom stereocenters. The van der Waals surface area contributed by atoms with Crippen molar-refractivity contribution in [3.05, 3.63) is 23.3 Å². The zero-order chi connectivity index (χ0) is 10.8. The van der Waals surface area contributed by atoms with Crippen molar-refractivity contribution in [3.8, 4) is 0 Å². The second-order valence-electron chi connectivity index (χ2n) is 5.04. The summed E-state index contributed by atoms with van der Waals surface area (Å²) < 4.78 is 0. The van der Waals surface area contributed by atoms with E-state index >= 15 is 0 Å². The molecule has 0 amide bonds. The molecule has 0 saturated heterocycles. The molecule has 0 spiro atoms. The van der Waals surface area contributed by atoms with Crippen LogP contribution in [-0.4, -0.2) is 14.1 Å². The van der Waals surface area contributed by atoms with Gasteiger partial charge in [-0.25, -0.2) is 0 Å². The van der Waals surface area contributed by atoms with Crippen molar-refractivity contribution in [2.75, 3.05) is 0 Å². The Kier molecular flexibility index (Phi) is 3.65. The summed E-state index contributed by atoms with van der Waals surface area (Å²) in [6.45, 7) is 11.6. The maximum atomic E-state index is 2.47. The van der Waals surface area contributed by atoms with Gasteiger partial charge in [-0.15, -0.1) is 0 Å². The average Bonchev–Trinajstić information content (AvgIpc) is 2.52. The third-order valence-electron chi connectivity index (χ3n) is 3.04. The first-order valence-corrected chi connectivity index (χ1v) is 8.09. The van der Waals surface area contributed by atoms with Crippen molar-refractivity contribution >= 4 is 14.1 Å². The quantitative estimate of drug-likeness (QED) is 0.616. The van der Waals surface area contributed by atoms with E-state index in [2.05, 4.69) is 51.7 Å². The van der Waals surface area contributed by atoms with Crippen LogP contribution in [0.25, 0.3) is 0 Å². The van der Waals surface area contributed by atoms with Gasteiger partial charge in [0.15, 0.2) is 0 Å². The van der Waals surface area contributed by atoms with Gasteiger partial charge in [0.2, 0.25) is 0 Å². The summed E-state index contributed by atoms with van der Waals surface area (Å²) in [6, 6.07) is 0. The fourth-order valence-electron chi connectivity index (χ4n) is 1.69. The number of hydrogen-bond acceptors (Lipinski definition) is 0. The third-order valence-corrected chi connectivity index (χ3v) is 3.99. The summed E-state index contributed by atoms with van der Waals surface area (Å²) in [7, 11) is -0.219. The van der Waals surface area contributed by atoms with Crippen LogP contribution in [0, 0.1) is 5.41 Å². The molecule has 0 nitrogen and oxygen atoms in total. The van der Waals surface area contributed by atoms with Crippen LogP contribution >= 0.6 is 0 Å². The van der Waals surface area contributed by atoms with E-state index in [0.29, 0.717) is 5.41 Å². The second-order valence-corrected chi connectivity index (χ2v) is 7.49. The molecule has 1 aliphatic rings. The summed E-state index contributed by atoms with van der Waals surface area (Å²) >= 11 is 0. The molecule has 0 bridgehead atoms. The summed E-state index contributed by atoms with van der Waals surface area (Å²) in [5.74, 6) is 0. The van der Waals surface area contributed by atoms with Crippen molar-refractivity contribution in [2.24, 2.45) is 5.41 Å². The highest BCUT2D eigenvalue weighted by Crippen LogP contribution is 2.35. The molecule has 1 aliphatic carbocycles. The molecular weight excluding hydrogens is 184 g/mol. The molecule has 0 unspecified atom stereocenters. The predicted octanol–water partition coefficient (Wildman–Crippen LogP) is 3.82. The van der Waals surface area contributed by atoms with Gasteiger partial charge in [-0.2, -0.15) is 0 Å². The van der Waals surface area contributed by atoms with Crippen LogP contribution < -0.4 is 0 Å². The Labute approximate surface area is 90.0 Å². The third kappa shape index (κ3) is 2.78. The molecule has 0 fully saturated rings. The Bertz CT molecular complexity index is 299. The number of allylic oxidation sites excluding steroid dienone is 4. The number of hydrogen-bond donors (Lipinski definition) is 0. The average molecular weight is 206 g/mol. The molecule has 0 aromatic rings. The van der Waals surface area contributed by atoms with Gasteiger partial charge < -0.3 is 0 Å². The first-order chi connectivity index (χ1) is 6.45. The highest BCUT2D eigenvalue weighted by atomic mass is 28.2. The summed E-state index contributed by atoms with van der Waals surface area (Å²) in [4.78, 5) is 0. The fourth-order valence-corrected chi connectivity index (χ4v) is 2.64. The van der Waals surface area contributed by atoms with E-state index in [1.807, 2.05) is 0 Å². The van der Waals surface area contributed by atoms with E-state index < -0.39 is 0 Å². The van der Waals surface area contributed by atoms with Crippen LogP contribution in [0.1, 0.15) is 33.6 Å². The Morgan fingerprint density at radius 2 is 2.07 bits per heavy atom. The van der Waals surface area contributed by atoms with Crippen molar-refractivity contribution in [1.82, 2.24) is 0 Å². The monoisotopic (exact) mass is 206 g/mol. The summed E-state index contributed by atoms with van der Waals surface area (Å²) in [6.07, 6.45) is 7.19. The Morgan fingerprint density at radius 1 is 1.43 bits per heavy atom. The maximum absolute atomic E-state index is 2.47. The van der Waals surface area contributed by atoms with E-state index in [-0.39, 0.29) is 8.41 Å². The number of rotatable bonds is 3. The van der Waals surface area contributed by atoms with Crippen molar-refractivity contribution in [1.29, 1.82) is 0 Å². The minimum Gasteiger partial charge on any atom is -0.0788 e. The minimum absolute atomic E-state index is 0.219. The zero-order valence-electron chi connectivity index (χ0n) is 10.1. The van der Waals surface area contributed by atoms with Crippen LogP contribution in [-0.2, 0) is 0 Å². The smallest absolute Gasteiger partial charge is 0.00358 e. The SMILES string of the molecule is CCC(C)(C)C1=CCC(C=[Si](C)C)=C1. The molecule has 1 heteroatoms. The van der Waals surface area contributed by atoms with Gasteiger partial charge in [0, 0.05) is 8.41 Å². The normalized spacial score (nSPS) is 16.4. The van der Waals surface area contributed by atoms with Gasteiger partial charge in [-0.05, 0) is 29.4 Å². The molecule has 0 saturated carbocycles. The van der Waals surface area contributed by atoms with Gasteiger partial charge in [-0.3, -0.25) is 0 Å². The van der Waals surface area contributed by atoms with E-state index in [4.69, 9.17) is 0 Å². The molecule has 0 aromatic heterocycles. The van der Waals surface area contributed by atoms with Crippen molar-refractivity contribution in [3.63, 3.8) is 0 Å². The molecule has 1 rings (SSSR count). The van der Waals surface area contributed by atoms with Crippen LogP contribution in [0.2, 0.25) is 13.1 Å². The van der Waals surface area contributed by atoms with Crippen molar-refractivity contribution in [2.45, 2.75) is 46.7 Å². The van der Waals surface area contributed by atoms with E-state index in [0.717, 1.165) is 6.42 Å². The summed E-state index contributed by atoms with van der Waals surface area (Å²) in [5.41, 5.74) is 5.92. The molecule has 78 valence electrons. The molecule has 0 aliphatic heterocycles. The predicted molar refractivity (Wildman–Crippen MR) is 68.4 cm³/mol. The molecular formula is C13H22Si. The van der Waals surface area contributed by atoms with Crippen LogP contribution in [0.4, 0.5) is 0 Å². The Balaban J connectivity index is 2.79. The highest BCUT2D eigenvalue weighted by Gasteiger charge is 2.21. The van der Waals surface area contributed by atoms with Gasteiger partial charge in [0.25, 0.3) is 0 Å². The van der Waals surface area contributed by atoms with E-state index in [1.54, 1.807) is 5.57 Å². The van der Waals surface area contributed by atoms with Crippen molar-refractivity contribution < 1.29 is 0 Å². The van der Waals surface area contributed by atoms with Crippen LogP contribution in [0.5, 0.6) is 0 Å². The Hall–Kier alpha value is -0.433. The van der Waals surface area contributed by atoms with Crippen LogP contribution in [0.3, 0.4) is 0 Å². The lowest BCUT2D eigenvalue weighted by Gasteiger charge is -2.23. The lowest BCUT2D eigenvalue weighted by Crippen LogP contribution is -2.10. The molecule has 0 aromatic carbocycles. The van der Waals surface area contributed by atoms with Gasteiger partial charge in [-0.1, -0.05) is 51.7 Å². The minimum atomic E-state index is -0.219. The summed E-state index contributed by atoms with van der Waals surface area (Å²) in [5, 5.41) is 0. The zero-order valence-corrected chi connectivity index (χ0v) is 11.1. The van der Waals surface area contributed by atoms with E-state index in [1.165, 1.54) is 12.0 Å². The van der Waals surface area contributed by atoms with E-state index in [9.17, 15) is 0 Å². The van der Waals surface area contributed by atoms with Gasteiger partial charge in [0.1, 0.15) is 0 Å². The standard InChI is InChI=1S/C13H22Si/c1-6-13(2,3)12-8-7-11(9-12)10-14(4)5/h8-10H,6-7H2,1-5H3. The molecule has 0 radical (unpaired) electrons. The molecule has 14 heavy (non-hydrogen) atoms. The highest BCUT2D eigenvalue weighted by molar-refractivity contribution is 6.65. The first kappa shape index (κ1) is 11.6. The Morgan fingerprint density at radius 3 is 2.57 bits per heavy atom. The second kappa shape index (κ2) is 4.39. The molecule has 0 N–H and O–H groups in total. The first-order valence-electron chi connectivity index (χ1n) is 5.52. The largest absolute Gasteiger partial charge is 0.0788 e. The molecule has 0 heterocycles. The lowest BCUT2D eigenvalue weighted by molar-refractivity contribution is 0.440. The lowest BCUT2D eigenvalue weighted by atomic mass is 9.82. The van der Waals surface area contributed by atoms with Crippen LogP contribution in [0.15, 0.2) is 23.3 Å². The topological polar surface area (TPSA) is 0 Å². The fraction of sp³-hybridized carbons (Fsp3) is 0.615. The van der Waals surface area contributed by atoms with Gasteiger partial charge in [0.05, 0.1) is 0 Å².